The van der Waals surface area contributed by atoms with Crippen molar-refractivity contribution in [2.45, 2.75) is 13.8 Å². The molecule has 0 radical (unpaired) electrons. The standard InChI is InChI=1S/C19H18N2O4S/c1-10-11(2)26-18(16(10)19(23)25-4)21-17(22)15-7-5-12-9-13(24-3)6-8-14(12)20-15/h5-9H,1-4H3,(H,21,22). The third kappa shape index (κ3) is 3.25. The molecule has 0 aliphatic rings. The Labute approximate surface area is 154 Å². The number of amides is 1. The van der Waals surface area contributed by atoms with E-state index in [0.717, 1.165) is 21.6 Å². The van der Waals surface area contributed by atoms with Crippen LogP contribution in [0.3, 0.4) is 0 Å². The summed E-state index contributed by atoms with van der Waals surface area (Å²) in [6.45, 7) is 3.72. The first-order chi connectivity index (χ1) is 12.4. The Hall–Kier alpha value is -2.93. The smallest absolute Gasteiger partial charge is 0.341 e. The minimum atomic E-state index is -0.472. The molecular formula is C19H18N2O4S. The van der Waals surface area contributed by atoms with Gasteiger partial charge >= 0.3 is 5.97 Å². The molecule has 0 bridgehead atoms. The lowest BCUT2D eigenvalue weighted by Crippen LogP contribution is -2.15. The molecule has 26 heavy (non-hydrogen) atoms. The highest BCUT2D eigenvalue weighted by atomic mass is 32.1. The predicted octanol–water partition coefficient (Wildman–Crippen LogP) is 3.96. The van der Waals surface area contributed by atoms with E-state index in [9.17, 15) is 9.59 Å². The summed E-state index contributed by atoms with van der Waals surface area (Å²) in [6, 6.07) is 8.89. The number of methoxy groups -OCH3 is 2. The van der Waals surface area contributed by atoms with Crippen LogP contribution >= 0.6 is 11.3 Å². The number of rotatable bonds is 4. The second kappa shape index (κ2) is 7.13. The maximum atomic E-state index is 12.6. The summed E-state index contributed by atoms with van der Waals surface area (Å²) in [4.78, 5) is 30.0. The molecule has 2 aromatic heterocycles. The van der Waals surface area contributed by atoms with Crippen LogP contribution in [0.2, 0.25) is 0 Å². The number of hydrogen-bond acceptors (Lipinski definition) is 6. The first kappa shape index (κ1) is 17.9. The molecule has 134 valence electrons. The van der Waals surface area contributed by atoms with Gasteiger partial charge in [-0.1, -0.05) is 6.07 Å². The van der Waals surface area contributed by atoms with Gasteiger partial charge in [-0.3, -0.25) is 4.79 Å². The third-order valence-electron chi connectivity index (χ3n) is 4.13. The van der Waals surface area contributed by atoms with Crippen molar-refractivity contribution in [3.8, 4) is 5.75 Å². The van der Waals surface area contributed by atoms with Crippen LogP contribution in [-0.4, -0.2) is 31.1 Å². The molecule has 1 aromatic carbocycles. The molecule has 3 aromatic rings. The number of esters is 1. The zero-order chi connectivity index (χ0) is 18.8. The van der Waals surface area contributed by atoms with Crippen LogP contribution in [0.25, 0.3) is 10.9 Å². The fourth-order valence-corrected chi connectivity index (χ4v) is 3.63. The number of pyridine rings is 1. The van der Waals surface area contributed by atoms with Crippen LogP contribution in [0.1, 0.15) is 31.3 Å². The Bertz CT molecular complexity index is 1010. The number of hydrogen-bond donors (Lipinski definition) is 1. The van der Waals surface area contributed by atoms with Crippen LogP contribution in [0, 0.1) is 13.8 Å². The maximum absolute atomic E-state index is 12.6. The quantitative estimate of drug-likeness (QED) is 0.704. The molecule has 0 saturated heterocycles. The average Bonchev–Trinajstić information content (AvgIpc) is 2.93. The number of benzene rings is 1. The van der Waals surface area contributed by atoms with Crippen LogP contribution < -0.4 is 10.1 Å². The number of nitrogens with zero attached hydrogens (tertiary/aromatic N) is 1. The summed E-state index contributed by atoms with van der Waals surface area (Å²) in [6.07, 6.45) is 0. The molecular weight excluding hydrogens is 352 g/mol. The Kier molecular flexibility index (Phi) is 4.90. The monoisotopic (exact) mass is 370 g/mol. The fourth-order valence-electron chi connectivity index (χ4n) is 2.59. The number of carbonyl (C=O) groups excluding carboxylic acids is 2. The molecule has 7 heteroatoms. The molecule has 6 nitrogen and oxygen atoms in total. The molecule has 0 aliphatic heterocycles. The number of nitrogens with one attached hydrogen (secondary N) is 1. The van der Waals surface area contributed by atoms with Gasteiger partial charge in [-0.2, -0.15) is 0 Å². The number of thiophene rings is 1. The molecule has 1 N–H and O–H groups in total. The van der Waals surface area contributed by atoms with Gasteiger partial charge in [0.05, 0.1) is 25.3 Å². The van der Waals surface area contributed by atoms with E-state index in [4.69, 9.17) is 9.47 Å². The van der Waals surface area contributed by atoms with Crippen molar-refractivity contribution in [1.82, 2.24) is 4.98 Å². The zero-order valence-corrected chi connectivity index (χ0v) is 15.7. The number of aromatic nitrogens is 1. The van der Waals surface area contributed by atoms with E-state index in [1.807, 2.05) is 26.0 Å². The van der Waals surface area contributed by atoms with Crippen molar-refractivity contribution in [3.05, 3.63) is 52.0 Å². The Balaban J connectivity index is 1.92. The van der Waals surface area contributed by atoms with Gasteiger partial charge in [-0.05, 0) is 43.7 Å². The summed E-state index contributed by atoms with van der Waals surface area (Å²) in [5, 5.41) is 4.12. The normalized spacial score (nSPS) is 10.6. The molecule has 2 heterocycles. The highest BCUT2D eigenvalue weighted by molar-refractivity contribution is 7.16. The largest absolute Gasteiger partial charge is 0.497 e. The third-order valence-corrected chi connectivity index (χ3v) is 5.25. The van der Waals surface area contributed by atoms with E-state index in [2.05, 4.69) is 10.3 Å². The number of carbonyl (C=O) groups is 2. The van der Waals surface area contributed by atoms with Gasteiger partial charge in [-0.15, -0.1) is 11.3 Å². The van der Waals surface area contributed by atoms with Crippen molar-refractivity contribution < 1.29 is 19.1 Å². The molecule has 3 rings (SSSR count). The maximum Gasteiger partial charge on any atom is 0.341 e. The second-order valence-electron chi connectivity index (χ2n) is 5.69. The first-order valence-corrected chi connectivity index (χ1v) is 8.70. The van der Waals surface area contributed by atoms with Gasteiger partial charge in [0.25, 0.3) is 5.91 Å². The number of aryl methyl sites for hydroxylation is 1. The highest BCUT2D eigenvalue weighted by Gasteiger charge is 2.22. The molecule has 0 atom stereocenters. The Morgan fingerprint density at radius 1 is 1.12 bits per heavy atom. The van der Waals surface area contributed by atoms with Gasteiger partial charge < -0.3 is 14.8 Å². The van der Waals surface area contributed by atoms with Crippen molar-refractivity contribution in [2.75, 3.05) is 19.5 Å². The molecule has 0 fully saturated rings. The van der Waals surface area contributed by atoms with Gasteiger partial charge in [0.1, 0.15) is 16.4 Å². The molecule has 0 spiro atoms. The van der Waals surface area contributed by atoms with Gasteiger partial charge in [-0.25, -0.2) is 9.78 Å². The minimum absolute atomic E-state index is 0.266. The lowest BCUT2D eigenvalue weighted by atomic mass is 10.1. The van der Waals surface area contributed by atoms with Crippen LogP contribution in [0.5, 0.6) is 5.75 Å². The summed E-state index contributed by atoms with van der Waals surface area (Å²) < 4.78 is 10.0. The number of anilines is 1. The number of fused-ring (bicyclic) bond motifs is 1. The van der Waals surface area contributed by atoms with Gasteiger partial charge in [0, 0.05) is 10.3 Å². The van der Waals surface area contributed by atoms with E-state index in [1.165, 1.54) is 18.4 Å². The van der Waals surface area contributed by atoms with E-state index in [0.29, 0.717) is 16.1 Å². The lowest BCUT2D eigenvalue weighted by molar-refractivity contribution is 0.0601. The summed E-state index contributed by atoms with van der Waals surface area (Å²) >= 11 is 1.34. The molecule has 0 saturated carbocycles. The van der Waals surface area contributed by atoms with Crippen LogP contribution in [0.4, 0.5) is 5.00 Å². The van der Waals surface area contributed by atoms with Crippen molar-refractivity contribution in [1.29, 1.82) is 0 Å². The topological polar surface area (TPSA) is 77.5 Å². The SMILES string of the molecule is COC(=O)c1c(NC(=O)c2ccc3cc(OC)ccc3n2)sc(C)c1C. The zero-order valence-electron chi connectivity index (χ0n) is 14.9. The molecule has 1 amide bonds. The number of ether oxygens (including phenoxy) is 2. The summed E-state index contributed by atoms with van der Waals surface area (Å²) in [5.74, 6) is -0.126. The van der Waals surface area contributed by atoms with Gasteiger partial charge in [0.2, 0.25) is 0 Å². The van der Waals surface area contributed by atoms with Gasteiger partial charge in [0.15, 0.2) is 0 Å². The first-order valence-electron chi connectivity index (χ1n) is 7.89. The summed E-state index contributed by atoms with van der Waals surface area (Å²) in [7, 11) is 2.92. The lowest BCUT2D eigenvalue weighted by Gasteiger charge is -2.07. The predicted molar refractivity (Wildman–Crippen MR) is 101 cm³/mol. The van der Waals surface area contributed by atoms with E-state index in [-0.39, 0.29) is 11.6 Å². The van der Waals surface area contributed by atoms with Crippen LogP contribution in [-0.2, 0) is 4.74 Å². The molecule has 0 aliphatic carbocycles. The van der Waals surface area contributed by atoms with E-state index in [1.54, 1.807) is 25.3 Å². The highest BCUT2D eigenvalue weighted by Crippen LogP contribution is 2.33. The fraction of sp³-hybridized carbons (Fsp3) is 0.211. The summed E-state index contributed by atoms with van der Waals surface area (Å²) in [5.41, 5.74) is 2.14. The van der Waals surface area contributed by atoms with E-state index >= 15 is 0 Å². The molecule has 0 unspecified atom stereocenters. The van der Waals surface area contributed by atoms with Crippen molar-refractivity contribution in [3.63, 3.8) is 0 Å². The Morgan fingerprint density at radius 2 is 1.88 bits per heavy atom. The van der Waals surface area contributed by atoms with E-state index < -0.39 is 5.97 Å². The van der Waals surface area contributed by atoms with Crippen molar-refractivity contribution >= 4 is 39.1 Å². The average molecular weight is 370 g/mol. The van der Waals surface area contributed by atoms with Crippen LogP contribution in [0.15, 0.2) is 30.3 Å². The minimum Gasteiger partial charge on any atom is -0.497 e. The van der Waals surface area contributed by atoms with Crippen molar-refractivity contribution in [2.24, 2.45) is 0 Å². The Morgan fingerprint density at radius 3 is 2.58 bits per heavy atom. The second-order valence-corrected chi connectivity index (χ2v) is 6.91.